The summed E-state index contributed by atoms with van der Waals surface area (Å²) in [6, 6.07) is 5.32. The third-order valence-corrected chi connectivity index (χ3v) is 2.93. The van der Waals surface area contributed by atoms with Crippen molar-refractivity contribution in [1.82, 2.24) is 0 Å². The predicted molar refractivity (Wildman–Crippen MR) is 61.1 cm³/mol. The van der Waals surface area contributed by atoms with E-state index in [2.05, 4.69) is 20.7 Å². The van der Waals surface area contributed by atoms with E-state index in [1.807, 2.05) is 6.07 Å². The van der Waals surface area contributed by atoms with Gasteiger partial charge in [-0.2, -0.15) is 5.26 Å². The van der Waals surface area contributed by atoms with E-state index >= 15 is 0 Å². The zero-order valence-corrected chi connectivity index (χ0v) is 10.5. The van der Waals surface area contributed by atoms with Crippen LogP contribution < -0.4 is 4.74 Å². The molecule has 1 aromatic rings. The highest BCUT2D eigenvalue weighted by Gasteiger charge is 2.14. The average molecular weight is 284 g/mol. The second-order valence-electron chi connectivity index (χ2n) is 2.98. The standard InChI is InChI=1S/C11H10BrNO3/c1-15-9(14)5-7-3-4-8(6-13)11(16-2)10(7)12/h3-4H,5H2,1-2H3. The van der Waals surface area contributed by atoms with Gasteiger partial charge in [-0.15, -0.1) is 0 Å². The Morgan fingerprint density at radius 3 is 2.69 bits per heavy atom. The number of methoxy groups -OCH3 is 2. The fourth-order valence-electron chi connectivity index (χ4n) is 1.25. The molecule has 0 bridgehead atoms. The number of hydrogen-bond donors (Lipinski definition) is 0. The van der Waals surface area contributed by atoms with E-state index in [0.717, 1.165) is 5.56 Å². The summed E-state index contributed by atoms with van der Waals surface area (Å²) in [7, 11) is 2.81. The van der Waals surface area contributed by atoms with Crippen LogP contribution >= 0.6 is 15.9 Å². The lowest BCUT2D eigenvalue weighted by atomic mass is 10.1. The maximum atomic E-state index is 11.1. The van der Waals surface area contributed by atoms with Crippen LogP contribution in [-0.4, -0.2) is 20.2 Å². The number of rotatable bonds is 3. The van der Waals surface area contributed by atoms with Crippen molar-refractivity contribution < 1.29 is 14.3 Å². The van der Waals surface area contributed by atoms with Crippen LogP contribution in [-0.2, 0) is 16.0 Å². The number of hydrogen-bond acceptors (Lipinski definition) is 4. The third-order valence-electron chi connectivity index (χ3n) is 2.06. The Kier molecular flexibility index (Phi) is 4.32. The summed E-state index contributed by atoms with van der Waals surface area (Å²) in [5, 5.41) is 8.85. The zero-order chi connectivity index (χ0) is 12.1. The first-order valence-corrected chi connectivity index (χ1v) is 5.25. The zero-order valence-electron chi connectivity index (χ0n) is 8.91. The molecule has 0 aliphatic heterocycles. The first-order chi connectivity index (χ1) is 7.63. The van der Waals surface area contributed by atoms with Gasteiger partial charge in [0, 0.05) is 0 Å². The maximum absolute atomic E-state index is 11.1. The Balaban J connectivity index is 3.15. The number of benzene rings is 1. The van der Waals surface area contributed by atoms with Gasteiger partial charge in [0.2, 0.25) is 0 Å². The SMILES string of the molecule is COC(=O)Cc1ccc(C#N)c(OC)c1Br. The number of ether oxygens (including phenoxy) is 2. The molecule has 0 unspecified atom stereocenters. The van der Waals surface area contributed by atoms with Gasteiger partial charge in [-0.3, -0.25) is 4.79 Å². The molecule has 0 atom stereocenters. The minimum atomic E-state index is -0.340. The number of nitrogens with zero attached hydrogens (tertiary/aromatic N) is 1. The highest BCUT2D eigenvalue weighted by atomic mass is 79.9. The fraction of sp³-hybridized carbons (Fsp3) is 0.273. The van der Waals surface area contributed by atoms with Crippen molar-refractivity contribution in [3.05, 3.63) is 27.7 Å². The molecule has 5 heteroatoms. The first kappa shape index (κ1) is 12.5. The Hall–Kier alpha value is -1.54. The maximum Gasteiger partial charge on any atom is 0.310 e. The smallest absolute Gasteiger partial charge is 0.310 e. The van der Waals surface area contributed by atoms with Crippen LogP contribution in [0.1, 0.15) is 11.1 Å². The van der Waals surface area contributed by atoms with Gasteiger partial charge >= 0.3 is 5.97 Å². The van der Waals surface area contributed by atoms with Crippen LogP contribution in [0.3, 0.4) is 0 Å². The number of esters is 1. The van der Waals surface area contributed by atoms with Crippen molar-refractivity contribution in [3.8, 4) is 11.8 Å². The predicted octanol–water partition coefficient (Wildman–Crippen LogP) is 2.04. The molecule has 4 nitrogen and oxygen atoms in total. The second-order valence-corrected chi connectivity index (χ2v) is 3.78. The van der Waals surface area contributed by atoms with Crippen LogP contribution in [0.2, 0.25) is 0 Å². The van der Waals surface area contributed by atoms with E-state index in [4.69, 9.17) is 10.00 Å². The van der Waals surface area contributed by atoms with Crippen molar-refractivity contribution in [2.45, 2.75) is 6.42 Å². The van der Waals surface area contributed by atoms with Gasteiger partial charge in [0.25, 0.3) is 0 Å². The van der Waals surface area contributed by atoms with Gasteiger partial charge in [-0.1, -0.05) is 6.07 Å². The average Bonchev–Trinajstić information content (AvgIpc) is 2.31. The van der Waals surface area contributed by atoms with E-state index in [1.165, 1.54) is 14.2 Å². The number of carbonyl (C=O) groups excluding carboxylic acids is 1. The quantitative estimate of drug-likeness (QED) is 0.797. The van der Waals surface area contributed by atoms with Crippen LogP contribution in [0, 0.1) is 11.3 Å². The van der Waals surface area contributed by atoms with Crippen molar-refractivity contribution >= 4 is 21.9 Å². The van der Waals surface area contributed by atoms with Gasteiger partial charge in [-0.25, -0.2) is 0 Å². The number of halogens is 1. The van der Waals surface area contributed by atoms with Crippen LogP contribution in [0.25, 0.3) is 0 Å². The molecule has 84 valence electrons. The second kappa shape index (κ2) is 5.52. The lowest BCUT2D eigenvalue weighted by molar-refractivity contribution is -0.139. The van der Waals surface area contributed by atoms with E-state index in [9.17, 15) is 4.79 Å². The Morgan fingerprint density at radius 1 is 1.50 bits per heavy atom. The molecule has 0 heterocycles. The van der Waals surface area contributed by atoms with E-state index < -0.39 is 0 Å². The van der Waals surface area contributed by atoms with Crippen molar-refractivity contribution in [3.63, 3.8) is 0 Å². The molecular weight excluding hydrogens is 274 g/mol. The van der Waals surface area contributed by atoms with Crippen LogP contribution in [0.15, 0.2) is 16.6 Å². The summed E-state index contributed by atoms with van der Waals surface area (Å²) in [6.07, 6.45) is 0.138. The third kappa shape index (κ3) is 2.52. The molecule has 0 amide bonds. The summed E-state index contributed by atoms with van der Waals surface area (Å²) in [5.74, 6) is 0.0939. The summed E-state index contributed by atoms with van der Waals surface area (Å²) < 4.78 is 10.3. The van der Waals surface area contributed by atoms with E-state index in [-0.39, 0.29) is 12.4 Å². The number of nitriles is 1. The molecule has 0 saturated carbocycles. The van der Waals surface area contributed by atoms with Gasteiger partial charge < -0.3 is 9.47 Å². The fourth-order valence-corrected chi connectivity index (χ4v) is 1.90. The van der Waals surface area contributed by atoms with Crippen molar-refractivity contribution in [1.29, 1.82) is 5.26 Å². The normalized spacial score (nSPS) is 9.38. The van der Waals surface area contributed by atoms with E-state index in [0.29, 0.717) is 15.8 Å². The summed E-state index contributed by atoms with van der Waals surface area (Å²) >= 11 is 3.31. The molecule has 0 aliphatic rings. The molecule has 0 aromatic heterocycles. The van der Waals surface area contributed by atoms with Crippen molar-refractivity contribution in [2.75, 3.05) is 14.2 Å². The molecule has 0 spiro atoms. The molecule has 0 fully saturated rings. The topological polar surface area (TPSA) is 59.3 Å². The number of carbonyl (C=O) groups is 1. The molecule has 0 radical (unpaired) electrons. The molecule has 0 N–H and O–H groups in total. The lowest BCUT2D eigenvalue weighted by Crippen LogP contribution is -2.06. The molecule has 0 saturated heterocycles. The summed E-state index contributed by atoms with van der Waals surface area (Å²) in [4.78, 5) is 11.1. The lowest BCUT2D eigenvalue weighted by Gasteiger charge is -2.09. The van der Waals surface area contributed by atoms with Crippen LogP contribution in [0.4, 0.5) is 0 Å². The highest BCUT2D eigenvalue weighted by Crippen LogP contribution is 2.32. The summed E-state index contributed by atoms with van der Waals surface area (Å²) in [6.45, 7) is 0. The minimum Gasteiger partial charge on any atom is -0.494 e. The summed E-state index contributed by atoms with van der Waals surface area (Å²) in [5.41, 5.74) is 1.14. The molecule has 1 aromatic carbocycles. The Bertz CT molecular complexity index is 451. The highest BCUT2D eigenvalue weighted by molar-refractivity contribution is 9.10. The van der Waals surface area contributed by atoms with Gasteiger partial charge in [0.15, 0.2) is 5.75 Å². The first-order valence-electron chi connectivity index (χ1n) is 4.46. The Morgan fingerprint density at radius 2 is 2.19 bits per heavy atom. The van der Waals surface area contributed by atoms with Gasteiger partial charge in [0.1, 0.15) is 6.07 Å². The van der Waals surface area contributed by atoms with E-state index in [1.54, 1.807) is 12.1 Å². The minimum absolute atomic E-state index is 0.138. The van der Waals surface area contributed by atoms with Gasteiger partial charge in [-0.05, 0) is 27.6 Å². The molecule has 1 rings (SSSR count). The Labute approximate surface area is 102 Å². The molecule has 16 heavy (non-hydrogen) atoms. The van der Waals surface area contributed by atoms with Crippen LogP contribution in [0.5, 0.6) is 5.75 Å². The van der Waals surface area contributed by atoms with Gasteiger partial charge in [0.05, 0.1) is 30.7 Å². The van der Waals surface area contributed by atoms with Crippen molar-refractivity contribution in [2.24, 2.45) is 0 Å². The monoisotopic (exact) mass is 283 g/mol. The molecular formula is C11H10BrNO3. The largest absolute Gasteiger partial charge is 0.494 e. The molecule has 0 aliphatic carbocycles.